The Kier molecular flexibility index (Phi) is 3.47. The van der Waals surface area contributed by atoms with E-state index in [4.69, 9.17) is 4.74 Å². The minimum absolute atomic E-state index is 0.360. The number of carbonyl (C=O) groups excluding carboxylic acids is 1. The van der Waals surface area contributed by atoms with Crippen LogP contribution in [-0.2, 0) is 4.74 Å². The van der Waals surface area contributed by atoms with Crippen LogP contribution in [0, 0.1) is 0 Å². The van der Waals surface area contributed by atoms with E-state index in [2.05, 4.69) is 12.7 Å². The largest absolute Gasteiger partial charge is 0.436 e. The number of carbonyl (C=O) groups is 1. The Morgan fingerprint density at radius 2 is 2.00 bits per heavy atom. The highest BCUT2D eigenvalue weighted by Crippen LogP contribution is 2.38. The zero-order valence-corrected chi connectivity index (χ0v) is 11.6. The third kappa shape index (κ3) is 2.55. The lowest BCUT2D eigenvalue weighted by Gasteiger charge is -2.23. The number of hydrogen-bond donors (Lipinski definition) is 0. The van der Waals surface area contributed by atoms with Gasteiger partial charge in [0.05, 0.1) is 11.4 Å². The lowest BCUT2D eigenvalue weighted by atomic mass is 9.97. The number of benzene rings is 1. The van der Waals surface area contributed by atoms with Gasteiger partial charge in [0, 0.05) is 6.42 Å². The predicted molar refractivity (Wildman–Crippen MR) is 77.0 cm³/mol. The van der Waals surface area contributed by atoms with Crippen molar-refractivity contribution in [2.75, 3.05) is 4.90 Å². The van der Waals surface area contributed by atoms with Crippen LogP contribution in [0.4, 0.5) is 10.5 Å². The minimum Gasteiger partial charge on any atom is -0.436 e. The van der Waals surface area contributed by atoms with Crippen molar-refractivity contribution in [2.45, 2.75) is 32.8 Å². The molecule has 100 valence electrons. The van der Waals surface area contributed by atoms with Crippen LogP contribution in [0.15, 0.2) is 54.3 Å². The number of allylic oxidation sites excluding steroid dienone is 1. The number of para-hydroxylation sites is 1. The van der Waals surface area contributed by atoms with Gasteiger partial charge in [-0.3, -0.25) is 0 Å². The second kappa shape index (κ2) is 4.92. The van der Waals surface area contributed by atoms with Gasteiger partial charge in [-0.1, -0.05) is 36.4 Å². The Morgan fingerprint density at radius 3 is 2.58 bits per heavy atom. The maximum atomic E-state index is 12.1. The lowest BCUT2D eigenvalue weighted by molar-refractivity contribution is 0.0872. The van der Waals surface area contributed by atoms with E-state index in [9.17, 15) is 4.79 Å². The Morgan fingerprint density at radius 1 is 1.37 bits per heavy atom. The molecule has 1 aliphatic rings. The van der Waals surface area contributed by atoms with E-state index >= 15 is 0 Å². The maximum absolute atomic E-state index is 12.1. The van der Waals surface area contributed by atoms with Crippen LogP contribution in [-0.4, -0.2) is 11.7 Å². The third-order valence-electron chi connectivity index (χ3n) is 3.29. The first-order valence-corrected chi connectivity index (χ1v) is 6.35. The highest BCUT2D eigenvalue weighted by molar-refractivity contribution is 5.94. The normalized spacial score (nSPS) is 22.4. The van der Waals surface area contributed by atoms with Gasteiger partial charge >= 0.3 is 6.09 Å². The third-order valence-corrected chi connectivity index (χ3v) is 3.29. The summed E-state index contributed by atoms with van der Waals surface area (Å²) in [5, 5.41) is 0. The molecule has 0 aromatic heterocycles. The molecular formula is C16H19NO2. The minimum atomic E-state index is -0.663. The molecule has 1 atom stereocenters. The molecule has 0 spiro atoms. The van der Waals surface area contributed by atoms with Gasteiger partial charge in [-0.15, -0.1) is 0 Å². The molecule has 0 N–H and O–H groups in total. The molecule has 19 heavy (non-hydrogen) atoms. The summed E-state index contributed by atoms with van der Waals surface area (Å²) in [4.78, 5) is 13.6. The van der Waals surface area contributed by atoms with Gasteiger partial charge in [-0.2, -0.15) is 0 Å². The van der Waals surface area contributed by atoms with Crippen molar-refractivity contribution in [3.05, 3.63) is 54.3 Å². The molecule has 1 aliphatic heterocycles. The molecule has 1 heterocycles. The zero-order valence-electron chi connectivity index (χ0n) is 11.6. The molecule has 1 aromatic rings. The lowest BCUT2D eigenvalue weighted by Crippen LogP contribution is -2.27. The highest BCUT2D eigenvalue weighted by atomic mass is 16.6. The summed E-state index contributed by atoms with van der Waals surface area (Å²) in [5.74, 6) is 0. The Bertz CT molecular complexity index is 529. The molecule has 3 nitrogen and oxygen atoms in total. The van der Waals surface area contributed by atoms with Gasteiger partial charge in [-0.05, 0) is 32.9 Å². The molecular weight excluding hydrogens is 238 g/mol. The average molecular weight is 257 g/mol. The number of nitrogens with zero attached hydrogens (tertiary/aromatic N) is 1. The van der Waals surface area contributed by atoms with Crippen LogP contribution in [0.3, 0.4) is 0 Å². The predicted octanol–water partition coefficient (Wildman–Crippen LogP) is 4.27. The van der Waals surface area contributed by atoms with Crippen LogP contribution in [0.25, 0.3) is 0 Å². The Labute approximate surface area is 114 Å². The average Bonchev–Trinajstić information content (AvgIpc) is 2.59. The van der Waals surface area contributed by atoms with Crippen LogP contribution in [0.2, 0.25) is 0 Å². The van der Waals surface area contributed by atoms with Crippen LogP contribution in [0.5, 0.6) is 0 Å². The van der Waals surface area contributed by atoms with Crippen molar-refractivity contribution in [2.24, 2.45) is 0 Å². The second-order valence-electron chi connectivity index (χ2n) is 5.20. The smallest absolute Gasteiger partial charge is 0.419 e. The molecule has 1 aromatic carbocycles. The zero-order chi connectivity index (χ0) is 14.0. The Balaban J connectivity index is 2.29. The molecule has 0 saturated carbocycles. The summed E-state index contributed by atoms with van der Waals surface area (Å²) < 4.78 is 5.52. The van der Waals surface area contributed by atoms with Gasteiger partial charge in [0.25, 0.3) is 0 Å². The maximum Gasteiger partial charge on any atom is 0.419 e. The summed E-state index contributed by atoms with van der Waals surface area (Å²) in [7, 11) is 0. The van der Waals surface area contributed by atoms with E-state index in [0.29, 0.717) is 12.1 Å². The van der Waals surface area contributed by atoms with E-state index in [1.165, 1.54) is 5.57 Å². The molecule has 3 heteroatoms. The fourth-order valence-corrected chi connectivity index (χ4v) is 2.04. The number of cyclic esters (lactones) is 1. The van der Waals surface area contributed by atoms with E-state index in [1.807, 2.05) is 51.1 Å². The number of hydrogen-bond acceptors (Lipinski definition) is 2. The van der Waals surface area contributed by atoms with E-state index < -0.39 is 5.60 Å². The summed E-state index contributed by atoms with van der Waals surface area (Å²) in [6.45, 7) is 9.99. The molecule has 0 radical (unpaired) electrons. The fraction of sp³-hybridized carbons (Fsp3) is 0.312. The Hall–Kier alpha value is -2.03. The van der Waals surface area contributed by atoms with E-state index in [1.54, 1.807) is 4.90 Å². The van der Waals surface area contributed by atoms with Crippen LogP contribution in [0.1, 0.15) is 27.2 Å². The summed E-state index contributed by atoms with van der Waals surface area (Å²) in [6.07, 6.45) is 2.34. The van der Waals surface area contributed by atoms with E-state index in [-0.39, 0.29) is 6.09 Å². The first-order valence-electron chi connectivity index (χ1n) is 6.35. The number of anilines is 1. The summed E-state index contributed by atoms with van der Waals surface area (Å²) in [5.41, 5.74) is 2.01. The SMILES string of the molecule is C=C1N(c2ccccc2)C(=O)OC1(C)CC=C(C)C. The quantitative estimate of drug-likeness (QED) is 0.757. The number of amides is 1. The van der Waals surface area contributed by atoms with Gasteiger partial charge in [0.15, 0.2) is 5.60 Å². The van der Waals surface area contributed by atoms with Crippen molar-refractivity contribution in [1.29, 1.82) is 0 Å². The molecule has 1 unspecified atom stereocenters. The van der Waals surface area contributed by atoms with Crippen molar-refractivity contribution in [3.8, 4) is 0 Å². The molecule has 0 bridgehead atoms. The van der Waals surface area contributed by atoms with Gasteiger partial charge < -0.3 is 4.74 Å². The van der Waals surface area contributed by atoms with Crippen LogP contribution < -0.4 is 4.90 Å². The van der Waals surface area contributed by atoms with E-state index in [0.717, 1.165) is 5.69 Å². The molecule has 0 aliphatic carbocycles. The molecule has 1 amide bonds. The first-order chi connectivity index (χ1) is 8.94. The topological polar surface area (TPSA) is 29.5 Å². The highest BCUT2D eigenvalue weighted by Gasteiger charge is 2.45. The molecule has 1 saturated heterocycles. The van der Waals surface area contributed by atoms with Gasteiger partial charge in [0.2, 0.25) is 0 Å². The van der Waals surface area contributed by atoms with Gasteiger partial charge in [0.1, 0.15) is 0 Å². The van der Waals surface area contributed by atoms with Crippen molar-refractivity contribution in [3.63, 3.8) is 0 Å². The van der Waals surface area contributed by atoms with Gasteiger partial charge in [-0.25, -0.2) is 9.69 Å². The fourth-order valence-electron chi connectivity index (χ4n) is 2.04. The molecule has 1 fully saturated rings. The monoisotopic (exact) mass is 257 g/mol. The first kappa shape index (κ1) is 13.4. The molecule has 2 rings (SSSR count). The summed E-state index contributed by atoms with van der Waals surface area (Å²) in [6, 6.07) is 9.44. The summed E-state index contributed by atoms with van der Waals surface area (Å²) >= 11 is 0. The van der Waals surface area contributed by atoms with Crippen molar-refractivity contribution < 1.29 is 9.53 Å². The number of rotatable bonds is 3. The van der Waals surface area contributed by atoms with Crippen molar-refractivity contribution >= 4 is 11.8 Å². The van der Waals surface area contributed by atoms with Crippen LogP contribution >= 0.6 is 0 Å². The second-order valence-corrected chi connectivity index (χ2v) is 5.20. The number of ether oxygens (including phenoxy) is 1. The standard InChI is InChI=1S/C16H19NO2/c1-12(2)10-11-16(4)13(3)17(15(18)19-16)14-8-6-5-7-9-14/h5-10H,3,11H2,1-2,4H3. The van der Waals surface area contributed by atoms with Crippen molar-refractivity contribution in [1.82, 2.24) is 0 Å².